The summed E-state index contributed by atoms with van der Waals surface area (Å²) in [6, 6.07) is -0.953. The number of hydrogen-bond acceptors (Lipinski definition) is 4. The van der Waals surface area contributed by atoms with Gasteiger partial charge in [0.2, 0.25) is 11.8 Å². The summed E-state index contributed by atoms with van der Waals surface area (Å²) >= 11 is 0. The predicted molar refractivity (Wildman–Crippen MR) is 58.6 cm³/mol. The maximum absolute atomic E-state index is 10.9. The van der Waals surface area contributed by atoms with Crippen molar-refractivity contribution in [3.8, 4) is 0 Å². The molecule has 0 aliphatic heterocycles. The third-order valence-corrected chi connectivity index (χ3v) is 2.14. The van der Waals surface area contributed by atoms with Gasteiger partial charge in [-0.05, 0) is 13.3 Å². The first-order valence-corrected chi connectivity index (χ1v) is 5.20. The molecule has 0 spiro atoms. The summed E-state index contributed by atoms with van der Waals surface area (Å²) in [5.74, 6) is -0.517. The molecule has 16 heavy (non-hydrogen) atoms. The van der Waals surface area contributed by atoms with E-state index in [1.54, 1.807) is 6.92 Å². The van der Waals surface area contributed by atoms with Crippen LogP contribution in [-0.4, -0.2) is 46.8 Å². The number of carbonyl (C=O) groups is 2. The fourth-order valence-corrected chi connectivity index (χ4v) is 1.41. The van der Waals surface area contributed by atoms with E-state index in [1.807, 2.05) is 0 Å². The average molecular weight is 232 g/mol. The first-order valence-electron chi connectivity index (χ1n) is 5.20. The number of nitrogens with one attached hydrogen (secondary N) is 2. The normalized spacial score (nSPS) is 16.1. The van der Waals surface area contributed by atoms with Crippen LogP contribution in [-0.2, 0) is 9.59 Å². The molecule has 0 bridgehead atoms. The summed E-state index contributed by atoms with van der Waals surface area (Å²) in [6.45, 7) is 4.01. The molecule has 3 atom stereocenters. The number of amides is 2. The van der Waals surface area contributed by atoms with Crippen molar-refractivity contribution in [3.63, 3.8) is 0 Å². The lowest BCUT2D eigenvalue weighted by molar-refractivity contribution is -0.120. The fraction of sp³-hybridized carbons (Fsp3) is 0.800. The lowest BCUT2D eigenvalue weighted by Crippen LogP contribution is -2.47. The summed E-state index contributed by atoms with van der Waals surface area (Å²) in [4.78, 5) is 21.7. The maximum atomic E-state index is 10.9. The first-order chi connectivity index (χ1) is 7.36. The number of rotatable bonds is 6. The predicted octanol–water partition coefficient (Wildman–Crippen LogP) is -1.24. The van der Waals surface area contributed by atoms with Crippen LogP contribution >= 0.6 is 0 Å². The van der Waals surface area contributed by atoms with Crippen molar-refractivity contribution in [2.24, 2.45) is 0 Å². The number of aliphatic hydroxyl groups is 2. The van der Waals surface area contributed by atoms with Crippen LogP contribution in [0.3, 0.4) is 0 Å². The van der Waals surface area contributed by atoms with Crippen molar-refractivity contribution in [3.05, 3.63) is 0 Å². The Kier molecular flexibility index (Phi) is 6.67. The van der Waals surface area contributed by atoms with Gasteiger partial charge in [-0.3, -0.25) is 9.59 Å². The van der Waals surface area contributed by atoms with Crippen molar-refractivity contribution < 1.29 is 19.8 Å². The summed E-state index contributed by atoms with van der Waals surface area (Å²) in [7, 11) is 0. The third-order valence-electron chi connectivity index (χ3n) is 2.14. The van der Waals surface area contributed by atoms with Crippen molar-refractivity contribution in [2.75, 3.05) is 6.61 Å². The van der Waals surface area contributed by atoms with Crippen LogP contribution in [0.2, 0.25) is 0 Å². The zero-order valence-electron chi connectivity index (χ0n) is 9.86. The molecule has 6 nitrogen and oxygen atoms in total. The van der Waals surface area contributed by atoms with Crippen LogP contribution in [0.1, 0.15) is 27.2 Å². The van der Waals surface area contributed by atoms with Crippen molar-refractivity contribution >= 4 is 11.8 Å². The van der Waals surface area contributed by atoms with Crippen LogP contribution in [0.25, 0.3) is 0 Å². The van der Waals surface area contributed by atoms with Crippen LogP contribution < -0.4 is 10.6 Å². The Morgan fingerprint density at radius 3 is 2.00 bits per heavy atom. The van der Waals surface area contributed by atoms with Gasteiger partial charge >= 0.3 is 0 Å². The first kappa shape index (κ1) is 14.9. The zero-order valence-corrected chi connectivity index (χ0v) is 9.86. The molecule has 0 aromatic heterocycles. The standard InChI is InChI=1S/C10H20N2O4/c1-6(14)10(12-8(3)16)4-9(5-13)11-7(2)15/h6,9-10,13-14H,4-5H2,1-3H3,(H,11,15)(H,12,16)/t6-,9+,10+/m1/s1. The highest BCUT2D eigenvalue weighted by Crippen LogP contribution is 2.03. The third kappa shape index (κ3) is 6.36. The Hall–Kier alpha value is -1.14. The summed E-state index contributed by atoms with van der Waals surface area (Å²) < 4.78 is 0. The largest absolute Gasteiger partial charge is 0.394 e. The van der Waals surface area contributed by atoms with Crippen molar-refractivity contribution in [1.82, 2.24) is 10.6 Å². The zero-order chi connectivity index (χ0) is 12.7. The van der Waals surface area contributed by atoms with Crippen LogP contribution in [0.15, 0.2) is 0 Å². The van der Waals surface area contributed by atoms with Gasteiger partial charge in [-0.25, -0.2) is 0 Å². The minimum absolute atomic E-state index is 0.234. The van der Waals surface area contributed by atoms with E-state index in [-0.39, 0.29) is 24.8 Å². The topological polar surface area (TPSA) is 98.7 Å². The lowest BCUT2D eigenvalue weighted by atomic mass is 10.0. The van der Waals surface area contributed by atoms with Crippen molar-refractivity contribution in [2.45, 2.75) is 45.4 Å². The molecule has 0 aromatic rings. The van der Waals surface area contributed by atoms with E-state index < -0.39 is 18.2 Å². The van der Waals surface area contributed by atoms with E-state index in [2.05, 4.69) is 10.6 Å². The fourth-order valence-electron chi connectivity index (χ4n) is 1.41. The molecular formula is C10H20N2O4. The highest BCUT2D eigenvalue weighted by molar-refractivity contribution is 5.74. The molecule has 0 aromatic carbocycles. The monoisotopic (exact) mass is 232 g/mol. The van der Waals surface area contributed by atoms with Gasteiger partial charge in [0.15, 0.2) is 0 Å². The summed E-state index contributed by atoms with van der Waals surface area (Å²) in [5.41, 5.74) is 0. The minimum atomic E-state index is -0.744. The molecule has 0 rings (SSSR count). The van der Waals surface area contributed by atoms with Crippen LogP contribution in [0.4, 0.5) is 0 Å². The van der Waals surface area contributed by atoms with Gasteiger partial charge < -0.3 is 20.8 Å². The van der Waals surface area contributed by atoms with Crippen LogP contribution in [0, 0.1) is 0 Å². The second-order valence-electron chi connectivity index (χ2n) is 3.86. The Morgan fingerprint density at radius 2 is 1.69 bits per heavy atom. The quantitative estimate of drug-likeness (QED) is 0.460. The lowest BCUT2D eigenvalue weighted by Gasteiger charge is -2.25. The Morgan fingerprint density at radius 1 is 1.19 bits per heavy atom. The molecule has 0 unspecified atom stereocenters. The number of carbonyl (C=O) groups excluding carboxylic acids is 2. The van der Waals surface area contributed by atoms with E-state index in [0.29, 0.717) is 0 Å². The second kappa shape index (κ2) is 7.19. The number of hydrogen-bond donors (Lipinski definition) is 4. The highest BCUT2D eigenvalue weighted by Gasteiger charge is 2.21. The Balaban J connectivity index is 4.34. The van der Waals surface area contributed by atoms with Crippen LogP contribution in [0.5, 0.6) is 0 Å². The Labute approximate surface area is 95.0 Å². The smallest absolute Gasteiger partial charge is 0.217 e. The van der Waals surface area contributed by atoms with Gasteiger partial charge in [0.25, 0.3) is 0 Å². The molecule has 0 saturated heterocycles. The average Bonchev–Trinajstić information content (AvgIpc) is 2.13. The second-order valence-corrected chi connectivity index (χ2v) is 3.86. The minimum Gasteiger partial charge on any atom is -0.394 e. The molecule has 94 valence electrons. The van der Waals surface area contributed by atoms with Gasteiger partial charge in [-0.1, -0.05) is 0 Å². The SMILES string of the molecule is CC(=O)N[C@H](CO)C[C@H](NC(C)=O)[C@@H](C)O. The maximum Gasteiger partial charge on any atom is 0.217 e. The van der Waals surface area contributed by atoms with Gasteiger partial charge in [0, 0.05) is 13.8 Å². The van der Waals surface area contributed by atoms with E-state index in [1.165, 1.54) is 13.8 Å². The molecule has 6 heteroatoms. The van der Waals surface area contributed by atoms with Gasteiger partial charge in [-0.2, -0.15) is 0 Å². The summed E-state index contributed by atoms with van der Waals surface area (Å²) in [6.07, 6.45) is -0.459. The van der Waals surface area contributed by atoms with Gasteiger partial charge in [-0.15, -0.1) is 0 Å². The van der Waals surface area contributed by atoms with E-state index in [9.17, 15) is 14.7 Å². The molecule has 2 amide bonds. The molecule has 0 aliphatic carbocycles. The number of aliphatic hydroxyl groups excluding tert-OH is 2. The molecule has 0 heterocycles. The van der Waals surface area contributed by atoms with Gasteiger partial charge in [0.05, 0.1) is 24.8 Å². The van der Waals surface area contributed by atoms with Gasteiger partial charge in [0.1, 0.15) is 0 Å². The molecule has 0 fully saturated rings. The van der Waals surface area contributed by atoms with E-state index in [4.69, 9.17) is 5.11 Å². The molecule has 0 saturated carbocycles. The van der Waals surface area contributed by atoms with E-state index >= 15 is 0 Å². The molecular weight excluding hydrogens is 212 g/mol. The Bertz CT molecular complexity index is 243. The summed E-state index contributed by atoms with van der Waals surface area (Å²) in [5, 5.41) is 23.6. The van der Waals surface area contributed by atoms with Crippen molar-refractivity contribution in [1.29, 1.82) is 0 Å². The van der Waals surface area contributed by atoms with E-state index in [0.717, 1.165) is 0 Å². The molecule has 0 radical (unpaired) electrons. The molecule has 4 N–H and O–H groups in total. The molecule has 0 aliphatic rings. The highest BCUT2D eigenvalue weighted by atomic mass is 16.3.